The monoisotopic (exact) mass is 576 g/mol. The second-order valence-electron chi connectivity index (χ2n) is 8.66. The molecule has 2 fully saturated rings. The highest BCUT2D eigenvalue weighted by Gasteiger charge is 2.21. The Morgan fingerprint density at radius 2 is 1.94 bits per heavy atom. The number of carbonyl (C=O) groups excluding carboxylic acids is 1. The summed E-state index contributed by atoms with van der Waals surface area (Å²) in [6.07, 6.45) is 7.64. The van der Waals surface area contributed by atoms with E-state index in [1.165, 1.54) is 20.0 Å². The standard InChI is InChI=1S/C24H37FN4O3.HI/c1-26-24(27-13-5-8-23(30)32-20-6-3-4-7-20)28-19-11-14-29(15-12-19)17-18-9-10-22(31-2)21(25)16-18;/h9-10,16,19-20H,3-8,11-15,17H2,1-2H3,(H2,26,27,28);1H. The van der Waals surface area contributed by atoms with E-state index >= 15 is 0 Å². The van der Waals surface area contributed by atoms with Crippen molar-refractivity contribution in [3.63, 3.8) is 0 Å². The first-order valence-corrected chi connectivity index (χ1v) is 11.8. The Balaban J connectivity index is 0.00000385. The van der Waals surface area contributed by atoms with Gasteiger partial charge in [0.1, 0.15) is 6.10 Å². The molecule has 1 saturated heterocycles. The van der Waals surface area contributed by atoms with Gasteiger partial charge in [-0.15, -0.1) is 24.0 Å². The molecule has 1 heterocycles. The van der Waals surface area contributed by atoms with E-state index in [9.17, 15) is 9.18 Å². The van der Waals surface area contributed by atoms with Gasteiger partial charge in [0, 0.05) is 45.7 Å². The number of esters is 1. The Morgan fingerprint density at radius 1 is 1.21 bits per heavy atom. The summed E-state index contributed by atoms with van der Waals surface area (Å²) in [6, 6.07) is 5.50. The molecule has 2 N–H and O–H groups in total. The normalized spacial score (nSPS) is 18.0. The fourth-order valence-corrected chi connectivity index (χ4v) is 4.38. The number of rotatable bonds is 9. The Bertz CT molecular complexity index is 766. The quantitative estimate of drug-likeness (QED) is 0.153. The molecule has 0 atom stereocenters. The molecule has 9 heteroatoms. The van der Waals surface area contributed by atoms with Crippen molar-refractivity contribution >= 4 is 35.9 Å². The summed E-state index contributed by atoms with van der Waals surface area (Å²) >= 11 is 0. The lowest BCUT2D eigenvalue weighted by Gasteiger charge is -2.33. The van der Waals surface area contributed by atoms with E-state index in [1.54, 1.807) is 19.2 Å². The number of carbonyl (C=O) groups is 1. The number of ether oxygens (including phenoxy) is 2. The molecule has 3 rings (SSSR count). The molecule has 0 radical (unpaired) electrons. The minimum atomic E-state index is -0.316. The molecule has 0 amide bonds. The molecule has 2 aliphatic rings. The number of aliphatic imine (C=N–C) groups is 1. The van der Waals surface area contributed by atoms with Gasteiger partial charge in [0.2, 0.25) is 0 Å². The number of likely N-dealkylation sites (tertiary alicyclic amines) is 1. The van der Waals surface area contributed by atoms with Gasteiger partial charge in [0.05, 0.1) is 7.11 Å². The highest BCUT2D eigenvalue weighted by molar-refractivity contribution is 14.0. The Kier molecular flexibility index (Phi) is 12.2. The van der Waals surface area contributed by atoms with E-state index in [0.29, 0.717) is 19.0 Å². The van der Waals surface area contributed by atoms with Crippen LogP contribution in [0.25, 0.3) is 0 Å². The predicted molar refractivity (Wildman–Crippen MR) is 139 cm³/mol. The van der Waals surface area contributed by atoms with E-state index in [-0.39, 0.29) is 47.6 Å². The number of methoxy groups -OCH3 is 1. The average Bonchev–Trinajstić information content (AvgIpc) is 3.30. The maximum atomic E-state index is 13.9. The molecule has 1 aromatic rings. The molecular weight excluding hydrogens is 538 g/mol. The highest BCUT2D eigenvalue weighted by atomic mass is 127. The molecule has 1 aromatic carbocycles. The lowest BCUT2D eigenvalue weighted by atomic mass is 10.0. The van der Waals surface area contributed by atoms with Gasteiger partial charge in [-0.05, 0) is 62.6 Å². The van der Waals surface area contributed by atoms with Gasteiger partial charge in [-0.2, -0.15) is 0 Å². The van der Waals surface area contributed by atoms with Crippen LogP contribution in [0.5, 0.6) is 5.75 Å². The topological polar surface area (TPSA) is 75.2 Å². The number of halogens is 2. The number of nitrogens with one attached hydrogen (secondary N) is 2. The van der Waals surface area contributed by atoms with E-state index in [4.69, 9.17) is 9.47 Å². The molecule has 186 valence electrons. The Labute approximate surface area is 213 Å². The van der Waals surface area contributed by atoms with Crippen LogP contribution in [-0.2, 0) is 16.1 Å². The molecule has 1 saturated carbocycles. The molecular formula is C24H38FIN4O3. The van der Waals surface area contributed by atoms with Gasteiger partial charge in [0.15, 0.2) is 17.5 Å². The maximum absolute atomic E-state index is 13.9. The summed E-state index contributed by atoms with van der Waals surface area (Å²) < 4.78 is 24.4. The second kappa shape index (κ2) is 14.6. The molecule has 1 aliphatic carbocycles. The van der Waals surface area contributed by atoms with E-state index < -0.39 is 0 Å². The Morgan fingerprint density at radius 3 is 2.58 bits per heavy atom. The summed E-state index contributed by atoms with van der Waals surface area (Å²) in [4.78, 5) is 18.6. The van der Waals surface area contributed by atoms with E-state index in [2.05, 4.69) is 20.5 Å². The number of piperidine rings is 1. The molecule has 0 unspecified atom stereocenters. The first kappa shape index (κ1) is 27.6. The smallest absolute Gasteiger partial charge is 0.306 e. The first-order valence-electron chi connectivity index (χ1n) is 11.8. The van der Waals surface area contributed by atoms with Crippen LogP contribution in [0.15, 0.2) is 23.2 Å². The first-order chi connectivity index (χ1) is 15.6. The zero-order valence-electron chi connectivity index (χ0n) is 19.8. The number of hydrogen-bond donors (Lipinski definition) is 2. The molecule has 33 heavy (non-hydrogen) atoms. The Hall–Kier alpha value is -1.62. The molecule has 0 bridgehead atoms. The third kappa shape index (κ3) is 9.27. The van der Waals surface area contributed by atoms with Crippen molar-refractivity contribution in [3.05, 3.63) is 29.6 Å². The van der Waals surface area contributed by atoms with Crippen molar-refractivity contribution in [2.75, 3.05) is 33.8 Å². The number of guanidine groups is 1. The van der Waals surface area contributed by atoms with Gasteiger partial charge >= 0.3 is 5.97 Å². The number of benzene rings is 1. The lowest BCUT2D eigenvalue weighted by Crippen LogP contribution is -2.48. The van der Waals surface area contributed by atoms with Crippen LogP contribution in [0, 0.1) is 5.82 Å². The minimum absolute atomic E-state index is 0. The van der Waals surface area contributed by atoms with Crippen LogP contribution in [0.4, 0.5) is 4.39 Å². The van der Waals surface area contributed by atoms with E-state index in [1.807, 2.05) is 6.07 Å². The molecule has 7 nitrogen and oxygen atoms in total. The van der Waals surface area contributed by atoms with Crippen molar-refractivity contribution < 1.29 is 18.7 Å². The third-order valence-corrected chi connectivity index (χ3v) is 6.22. The van der Waals surface area contributed by atoms with Gasteiger partial charge in [0.25, 0.3) is 0 Å². The fourth-order valence-electron chi connectivity index (χ4n) is 4.38. The van der Waals surface area contributed by atoms with Crippen LogP contribution in [-0.4, -0.2) is 62.8 Å². The van der Waals surface area contributed by atoms with Crippen LogP contribution >= 0.6 is 24.0 Å². The van der Waals surface area contributed by atoms with Gasteiger partial charge in [-0.25, -0.2) is 4.39 Å². The van der Waals surface area contributed by atoms with Crippen molar-refractivity contribution in [2.24, 2.45) is 4.99 Å². The van der Waals surface area contributed by atoms with Crippen molar-refractivity contribution in [2.45, 2.75) is 70.1 Å². The van der Waals surface area contributed by atoms with Crippen LogP contribution in [0.2, 0.25) is 0 Å². The lowest BCUT2D eigenvalue weighted by molar-refractivity contribution is -0.148. The summed E-state index contributed by atoms with van der Waals surface area (Å²) in [5.74, 6) is 0.639. The molecule has 1 aliphatic heterocycles. The average molecular weight is 576 g/mol. The predicted octanol–water partition coefficient (Wildman–Crippen LogP) is 3.85. The van der Waals surface area contributed by atoms with Crippen LogP contribution < -0.4 is 15.4 Å². The zero-order valence-corrected chi connectivity index (χ0v) is 22.1. The van der Waals surface area contributed by atoms with Crippen LogP contribution in [0.1, 0.15) is 56.9 Å². The van der Waals surface area contributed by atoms with Gasteiger partial charge in [-0.3, -0.25) is 14.7 Å². The molecule has 0 aromatic heterocycles. The summed E-state index contributed by atoms with van der Waals surface area (Å²) in [6.45, 7) is 3.30. The van der Waals surface area contributed by atoms with Crippen molar-refractivity contribution in [3.8, 4) is 5.75 Å². The third-order valence-electron chi connectivity index (χ3n) is 6.22. The SMILES string of the molecule is CN=C(NCCCC(=O)OC1CCCC1)NC1CCN(Cc2ccc(OC)c(F)c2)CC1.I. The number of nitrogens with zero attached hydrogens (tertiary/aromatic N) is 2. The minimum Gasteiger partial charge on any atom is -0.494 e. The molecule has 0 spiro atoms. The summed E-state index contributed by atoms with van der Waals surface area (Å²) in [5, 5.41) is 6.78. The van der Waals surface area contributed by atoms with Gasteiger partial charge in [-0.1, -0.05) is 6.07 Å². The maximum Gasteiger partial charge on any atom is 0.306 e. The van der Waals surface area contributed by atoms with E-state index in [0.717, 1.165) is 63.3 Å². The second-order valence-corrected chi connectivity index (χ2v) is 8.66. The number of hydrogen-bond acceptors (Lipinski definition) is 5. The van der Waals surface area contributed by atoms with Crippen molar-refractivity contribution in [1.29, 1.82) is 0 Å². The zero-order chi connectivity index (χ0) is 22.8. The largest absolute Gasteiger partial charge is 0.494 e. The summed E-state index contributed by atoms with van der Waals surface area (Å²) in [7, 11) is 3.24. The highest BCUT2D eigenvalue weighted by Crippen LogP contribution is 2.22. The van der Waals surface area contributed by atoms with Crippen molar-refractivity contribution in [1.82, 2.24) is 15.5 Å². The summed E-state index contributed by atoms with van der Waals surface area (Å²) in [5.41, 5.74) is 0.957. The fraction of sp³-hybridized carbons (Fsp3) is 0.667. The van der Waals surface area contributed by atoms with Crippen LogP contribution in [0.3, 0.4) is 0 Å². The van der Waals surface area contributed by atoms with Gasteiger partial charge < -0.3 is 20.1 Å².